The van der Waals surface area contributed by atoms with Crippen molar-refractivity contribution in [1.82, 2.24) is 0 Å². The fraction of sp³-hybridized carbons (Fsp3) is 0.350. The molecule has 1 N–H and O–H groups in total. The van der Waals surface area contributed by atoms with E-state index in [0.29, 0.717) is 0 Å². The second-order valence-corrected chi connectivity index (χ2v) is 7.37. The number of carbonyl (C=O) groups is 1. The van der Waals surface area contributed by atoms with Crippen LogP contribution in [0.15, 0.2) is 42.5 Å². The van der Waals surface area contributed by atoms with Crippen molar-refractivity contribution in [3.05, 3.63) is 59.2 Å². The van der Waals surface area contributed by atoms with Crippen molar-refractivity contribution < 1.29 is 9.53 Å². The normalized spacial score (nSPS) is 11.8. The molecule has 1 atom stereocenters. The molecule has 0 bridgehead atoms. The van der Waals surface area contributed by atoms with Gasteiger partial charge < -0.3 is 10.1 Å². The van der Waals surface area contributed by atoms with Gasteiger partial charge in [0, 0.05) is 5.69 Å². The van der Waals surface area contributed by atoms with Gasteiger partial charge in [-0.2, -0.15) is 0 Å². The molecule has 0 aromatic heterocycles. The quantitative estimate of drug-likeness (QED) is 0.797. The SMILES string of the molecule is COc1ccc(CCS[C@H](C)C(=O)Nc2cc(C)ccc2C)cc1. The number of carbonyl (C=O) groups excluding carboxylic acids is 1. The molecule has 0 radical (unpaired) electrons. The van der Waals surface area contributed by atoms with Crippen LogP contribution in [0.25, 0.3) is 0 Å². The van der Waals surface area contributed by atoms with E-state index >= 15 is 0 Å². The van der Waals surface area contributed by atoms with Crippen molar-refractivity contribution in [1.29, 1.82) is 0 Å². The number of anilines is 1. The second kappa shape index (κ2) is 8.78. The van der Waals surface area contributed by atoms with Crippen LogP contribution in [0.3, 0.4) is 0 Å². The molecule has 0 saturated carbocycles. The Morgan fingerprint density at radius 2 is 1.88 bits per heavy atom. The molecule has 24 heavy (non-hydrogen) atoms. The van der Waals surface area contributed by atoms with Crippen LogP contribution in [0.2, 0.25) is 0 Å². The summed E-state index contributed by atoms with van der Waals surface area (Å²) in [7, 11) is 1.67. The fourth-order valence-electron chi connectivity index (χ4n) is 2.33. The molecule has 0 heterocycles. The molecule has 1 amide bonds. The predicted octanol–water partition coefficient (Wildman–Crippen LogP) is 4.61. The number of aryl methyl sites for hydroxylation is 3. The summed E-state index contributed by atoms with van der Waals surface area (Å²) in [6.45, 7) is 6.00. The molecule has 0 spiro atoms. The summed E-state index contributed by atoms with van der Waals surface area (Å²) in [5.74, 6) is 1.84. The van der Waals surface area contributed by atoms with Crippen molar-refractivity contribution in [3.8, 4) is 5.75 Å². The van der Waals surface area contributed by atoms with Gasteiger partial charge in [0.2, 0.25) is 5.91 Å². The standard InChI is InChI=1S/C20H25NO2S/c1-14-5-6-15(2)19(13-14)21-20(22)16(3)24-12-11-17-7-9-18(23-4)10-8-17/h5-10,13,16H,11-12H2,1-4H3,(H,21,22)/t16-/m1/s1. The molecular formula is C20H25NO2S. The minimum atomic E-state index is -0.0804. The Labute approximate surface area is 148 Å². The predicted molar refractivity (Wildman–Crippen MR) is 103 cm³/mol. The zero-order valence-corrected chi connectivity index (χ0v) is 15.6. The lowest BCUT2D eigenvalue weighted by Crippen LogP contribution is -2.23. The van der Waals surface area contributed by atoms with E-state index in [1.807, 2.05) is 45.0 Å². The van der Waals surface area contributed by atoms with Gasteiger partial charge in [-0.15, -0.1) is 11.8 Å². The number of benzene rings is 2. The van der Waals surface area contributed by atoms with Crippen molar-refractivity contribution in [2.45, 2.75) is 32.4 Å². The van der Waals surface area contributed by atoms with Gasteiger partial charge in [0.15, 0.2) is 0 Å². The Hall–Kier alpha value is -1.94. The molecule has 0 unspecified atom stereocenters. The Morgan fingerprint density at radius 1 is 1.17 bits per heavy atom. The molecule has 4 heteroatoms. The summed E-state index contributed by atoms with van der Waals surface area (Å²) in [5, 5.41) is 2.96. The van der Waals surface area contributed by atoms with Crippen LogP contribution in [0.1, 0.15) is 23.6 Å². The Morgan fingerprint density at radius 3 is 2.54 bits per heavy atom. The lowest BCUT2D eigenvalue weighted by molar-refractivity contribution is -0.115. The summed E-state index contributed by atoms with van der Waals surface area (Å²) in [5.41, 5.74) is 4.40. The zero-order chi connectivity index (χ0) is 17.5. The average Bonchev–Trinajstić information content (AvgIpc) is 2.58. The highest BCUT2D eigenvalue weighted by Gasteiger charge is 2.14. The first kappa shape index (κ1) is 18.4. The van der Waals surface area contributed by atoms with Crippen LogP contribution in [0.4, 0.5) is 5.69 Å². The van der Waals surface area contributed by atoms with E-state index in [4.69, 9.17) is 4.74 Å². The monoisotopic (exact) mass is 343 g/mol. The average molecular weight is 343 g/mol. The molecule has 2 rings (SSSR count). The first-order chi connectivity index (χ1) is 11.5. The van der Waals surface area contributed by atoms with Crippen LogP contribution in [-0.4, -0.2) is 24.0 Å². The smallest absolute Gasteiger partial charge is 0.237 e. The Kier molecular flexibility index (Phi) is 6.73. The fourth-order valence-corrected chi connectivity index (χ4v) is 3.24. The van der Waals surface area contributed by atoms with Gasteiger partial charge >= 0.3 is 0 Å². The summed E-state index contributed by atoms with van der Waals surface area (Å²) < 4.78 is 5.16. The number of nitrogens with one attached hydrogen (secondary N) is 1. The van der Waals surface area contributed by atoms with Crippen molar-refractivity contribution >= 4 is 23.4 Å². The van der Waals surface area contributed by atoms with E-state index < -0.39 is 0 Å². The van der Waals surface area contributed by atoms with Crippen molar-refractivity contribution in [3.63, 3.8) is 0 Å². The largest absolute Gasteiger partial charge is 0.497 e. The minimum absolute atomic E-state index is 0.0587. The summed E-state index contributed by atoms with van der Waals surface area (Å²) in [6.07, 6.45) is 0.940. The number of hydrogen-bond acceptors (Lipinski definition) is 3. The Balaban J connectivity index is 1.81. The zero-order valence-electron chi connectivity index (χ0n) is 14.8. The van der Waals surface area contributed by atoms with Gasteiger partial charge in [-0.1, -0.05) is 24.3 Å². The van der Waals surface area contributed by atoms with Gasteiger partial charge in [-0.3, -0.25) is 4.79 Å². The van der Waals surface area contributed by atoms with E-state index in [1.54, 1.807) is 18.9 Å². The highest BCUT2D eigenvalue weighted by Crippen LogP contribution is 2.20. The number of ether oxygens (including phenoxy) is 1. The van der Waals surface area contributed by atoms with Gasteiger partial charge in [0.1, 0.15) is 5.75 Å². The first-order valence-electron chi connectivity index (χ1n) is 8.12. The van der Waals surface area contributed by atoms with Crippen LogP contribution < -0.4 is 10.1 Å². The second-order valence-electron chi connectivity index (χ2n) is 5.92. The highest BCUT2D eigenvalue weighted by atomic mass is 32.2. The lowest BCUT2D eigenvalue weighted by atomic mass is 10.1. The van der Waals surface area contributed by atoms with E-state index in [-0.39, 0.29) is 11.2 Å². The number of rotatable bonds is 7. The van der Waals surface area contributed by atoms with E-state index in [0.717, 1.165) is 34.7 Å². The molecular weight excluding hydrogens is 318 g/mol. The summed E-state index contributed by atoms with van der Waals surface area (Å²) in [6, 6.07) is 14.2. The van der Waals surface area contributed by atoms with Crippen LogP contribution in [0.5, 0.6) is 5.75 Å². The third-order valence-corrected chi connectivity index (χ3v) is 5.09. The third-order valence-electron chi connectivity index (χ3n) is 3.94. The molecule has 2 aromatic carbocycles. The third kappa shape index (κ3) is 5.31. The summed E-state index contributed by atoms with van der Waals surface area (Å²) in [4.78, 5) is 12.4. The maximum atomic E-state index is 12.4. The summed E-state index contributed by atoms with van der Waals surface area (Å²) >= 11 is 1.68. The lowest BCUT2D eigenvalue weighted by Gasteiger charge is -2.14. The maximum absolute atomic E-state index is 12.4. The van der Waals surface area contributed by atoms with Gasteiger partial charge in [0.05, 0.1) is 12.4 Å². The number of methoxy groups -OCH3 is 1. The van der Waals surface area contributed by atoms with Crippen LogP contribution in [-0.2, 0) is 11.2 Å². The van der Waals surface area contributed by atoms with Gasteiger partial charge in [-0.05, 0) is 67.8 Å². The molecule has 0 aliphatic heterocycles. The minimum Gasteiger partial charge on any atom is -0.497 e. The number of amides is 1. The van der Waals surface area contributed by atoms with Crippen molar-refractivity contribution in [2.75, 3.05) is 18.2 Å². The first-order valence-corrected chi connectivity index (χ1v) is 9.17. The van der Waals surface area contributed by atoms with Crippen LogP contribution >= 0.6 is 11.8 Å². The molecule has 2 aromatic rings. The van der Waals surface area contributed by atoms with E-state index in [9.17, 15) is 4.79 Å². The number of hydrogen-bond donors (Lipinski definition) is 1. The molecule has 0 saturated heterocycles. The number of thioether (sulfide) groups is 1. The molecule has 0 aliphatic carbocycles. The molecule has 0 fully saturated rings. The highest BCUT2D eigenvalue weighted by molar-refractivity contribution is 8.00. The van der Waals surface area contributed by atoms with Crippen LogP contribution in [0, 0.1) is 13.8 Å². The topological polar surface area (TPSA) is 38.3 Å². The van der Waals surface area contributed by atoms with Gasteiger partial charge in [-0.25, -0.2) is 0 Å². The van der Waals surface area contributed by atoms with Crippen molar-refractivity contribution in [2.24, 2.45) is 0 Å². The molecule has 0 aliphatic rings. The Bertz CT molecular complexity index is 683. The maximum Gasteiger partial charge on any atom is 0.237 e. The van der Waals surface area contributed by atoms with E-state index in [2.05, 4.69) is 23.5 Å². The van der Waals surface area contributed by atoms with E-state index in [1.165, 1.54) is 5.56 Å². The van der Waals surface area contributed by atoms with Gasteiger partial charge in [0.25, 0.3) is 0 Å². The molecule has 128 valence electrons. The molecule has 3 nitrogen and oxygen atoms in total.